The van der Waals surface area contributed by atoms with Crippen molar-refractivity contribution in [3.05, 3.63) is 142 Å². The predicted molar refractivity (Wildman–Crippen MR) is 142 cm³/mol. The monoisotopic (exact) mass is 532 g/mol. The number of benzene rings is 4. The van der Waals surface area contributed by atoms with Crippen molar-refractivity contribution in [2.75, 3.05) is 0 Å². The van der Waals surface area contributed by atoms with E-state index in [0.717, 1.165) is 51.1 Å². The molecule has 0 aromatic heterocycles. The van der Waals surface area contributed by atoms with E-state index in [1.807, 2.05) is 85.8 Å². The van der Waals surface area contributed by atoms with Crippen molar-refractivity contribution < 1.29 is 26.3 Å². The maximum absolute atomic E-state index is 13.9. The Labute approximate surface area is 221 Å². The summed E-state index contributed by atoms with van der Waals surface area (Å²) < 4.78 is 83.2. The van der Waals surface area contributed by atoms with Crippen LogP contribution in [0, 0.1) is 0 Å². The van der Waals surface area contributed by atoms with E-state index in [1.165, 1.54) is 0 Å². The quantitative estimate of drug-likeness (QED) is 0.230. The average Bonchev–Trinajstić information content (AvgIpc) is 3.43. The van der Waals surface area contributed by atoms with Gasteiger partial charge in [-0.1, -0.05) is 85.8 Å². The molecule has 0 bridgehead atoms. The smallest absolute Gasteiger partial charge is 0.166 e. The van der Waals surface area contributed by atoms with Crippen LogP contribution in [-0.2, 0) is 18.8 Å². The van der Waals surface area contributed by atoms with Crippen molar-refractivity contribution in [2.45, 2.75) is 31.6 Å². The number of halogens is 6. The van der Waals surface area contributed by atoms with E-state index in [1.54, 1.807) is 0 Å². The molecule has 1 atom stereocenters. The van der Waals surface area contributed by atoms with Crippen molar-refractivity contribution in [1.29, 1.82) is 0 Å². The summed E-state index contributed by atoms with van der Waals surface area (Å²) >= 11 is 0. The molecular weight excluding hydrogens is 510 g/mol. The molecule has 0 N–H and O–H groups in total. The van der Waals surface area contributed by atoms with Gasteiger partial charge < -0.3 is 0 Å². The first kappa shape index (κ1) is 25.2. The molecule has 6 heteroatoms. The van der Waals surface area contributed by atoms with Gasteiger partial charge in [-0.2, -0.15) is 26.3 Å². The zero-order valence-electron chi connectivity index (χ0n) is 20.8. The van der Waals surface area contributed by atoms with Crippen LogP contribution in [0.5, 0.6) is 0 Å². The van der Waals surface area contributed by atoms with E-state index in [-0.39, 0.29) is 11.6 Å². The molecular formula is C33H22F6. The van der Waals surface area contributed by atoms with Crippen LogP contribution in [0.4, 0.5) is 26.3 Å². The fourth-order valence-electron chi connectivity index (χ4n) is 5.92. The molecule has 196 valence electrons. The fourth-order valence-corrected chi connectivity index (χ4v) is 5.92. The van der Waals surface area contributed by atoms with Gasteiger partial charge in [0.1, 0.15) is 0 Å². The minimum atomic E-state index is -4.93. The predicted octanol–water partition coefficient (Wildman–Crippen LogP) is 9.92. The Balaban J connectivity index is 1.72. The summed E-state index contributed by atoms with van der Waals surface area (Å²) in [6.07, 6.45) is -9.25. The van der Waals surface area contributed by atoms with Gasteiger partial charge in [-0.3, -0.25) is 0 Å². The highest BCUT2D eigenvalue weighted by molar-refractivity contribution is 6.26. The summed E-state index contributed by atoms with van der Waals surface area (Å²) in [7, 11) is 0. The van der Waals surface area contributed by atoms with Gasteiger partial charge in [0.05, 0.1) is 11.1 Å². The lowest BCUT2D eigenvalue weighted by Gasteiger charge is -2.20. The van der Waals surface area contributed by atoms with E-state index < -0.39 is 29.4 Å². The Morgan fingerprint density at radius 1 is 0.590 bits per heavy atom. The van der Waals surface area contributed by atoms with Crippen LogP contribution in [-0.4, -0.2) is 0 Å². The lowest BCUT2D eigenvalue weighted by molar-refractivity contribution is -0.143. The first-order valence-corrected chi connectivity index (χ1v) is 12.5. The molecule has 0 amide bonds. The Morgan fingerprint density at radius 3 is 1.79 bits per heavy atom. The SMILES string of the molecule is CC1C(c2cc(C(F)(F)F)cc(C(F)(F)F)c2)=C(C2=C(c3ccccc3)Cc3ccccc32)c2ccccc21. The maximum atomic E-state index is 13.9. The molecule has 0 radical (unpaired) electrons. The highest BCUT2D eigenvalue weighted by atomic mass is 19.4. The summed E-state index contributed by atoms with van der Waals surface area (Å²) in [4.78, 5) is 0. The number of fused-ring (bicyclic) bond motifs is 2. The van der Waals surface area contributed by atoms with Crippen molar-refractivity contribution in [1.82, 2.24) is 0 Å². The number of alkyl halides is 6. The zero-order valence-corrected chi connectivity index (χ0v) is 20.8. The minimum Gasteiger partial charge on any atom is -0.166 e. The van der Waals surface area contributed by atoms with Crippen LogP contribution in [0.3, 0.4) is 0 Å². The Kier molecular flexibility index (Phi) is 5.83. The first-order valence-electron chi connectivity index (χ1n) is 12.5. The summed E-state index contributed by atoms with van der Waals surface area (Å²) in [5.41, 5.74) is 4.98. The van der Waals surface area contributed by atoms with Crippen LogP contribution in [0.1, 0.15) is 57.3 Å². The first-order chi connectivity index (χ1) is 18.5. The third-order valence-corrected chi connectivity index (χ3v) is 7.63. The third-order valence-electron chi connectivity index (χ3n) is 7.63. The van der Waals surface area contributed by atoms with E-state index in [0.29, 0.717) is 17.6 Å². The molecule has 0 heterocycles. The lowest BCUT2D eigenvalue weighted by atomic mass is 9.85. The Morgan fingerprint density at radius 2 is 1.15 bits per heavy atom. The molecule has 6 rings (SSSR count). The molecule has 2 aliphatic carbocycles. The molecule has 1 unspecified atom stereocenters. The largest absolute Gasteiger partial charge is 0.416 e. The Bertz CT molecular complexity index is 1620. The van der Waals surface area contributed by atoms with Gasteiger partial charge in [-0.05, 0) is 80.3 Å². The molecule has 4 aromatic carbocycles. The van der Waals surface area contributed by atoms with Crippen LogP contribution in [0.15, 0.2) is 97.1 Å². The zero-order chi connectivity index (χ0) is 27.5. The number of allylic oxidation sites excluding steroid dienone is 4. The van der Waals surface area contributed by atoms with Crippen LogP contribution in [0.25, 0.3) is 22.3 Å². The van der Waals surface area contributed by atoms with Crippen molar-refractivity contribution >= 4 is 22.3 Å². The lowest BCUT2D eigenvalue weighted by Crippen LogP contribution is -2.12. The van der Waals surface area contributed by atoms with E-state index in [9.17, 15) is 26.3 Å². The summed E-state index contributed by atoms with van der Waals surface area (Å²) in [6.45, 7) is 1.85. The summed E-state index contributed by atoms with van der Waals surface area (Å²) in [5, 5.41) is 0. The molecule has 4 aromatic rings. The topological polar surface area (TPSA) is 0 Å². The van der Waals surface area contributed by atoms with Crippen LogP contribution < -0.4 is 0 Å². The second kappa shape index (κ2) is 9.01. The molecule has 0 spiro atoms. The maximum Gasteiger partial charge on any atom is 0.416 e. The third kappa shape index (κ3) is 4.28. The highest BCUT2D eigenvalue weighted by Crippen LogP contribution is 2.56. The second-order valence-corrected chi connectivity index (χ2v) is 9.95. The van der Waals surface area contributed by atoms with Crippen molar-refractivity contribution in [3.8, 4) is 0 Å². The van der Waals surface area contributed by atoms with Gasteiger partial charge in [0.15, 0.2) is 0 Å². The number of rotatable bonds is 3. The molecule has 0 aliphatic heterocycles. The van der Waals surface area contributed by atoms with Crippen molar-refractivity contribution in [3.63, 3.8) is 0 Å². The standard InChI is InChI=1S/C33H22F6/c1-19-25-12-7-8-14-27(25)31(29(19)22-15-23(32(34,35)36)18-24(16-22)33(37,38)39)30-26-13-6-5-11-21(26)17-28(30)20-9-3-2-4-10-20/h2-16,18-19H,17H2,1H3. The van der Waals surface area contributed by atoms with Crippen molar-refractivity contribution in [2.24, 2.45) is 0 Å². The normalized spacial score (nSPS) is 17.1. The molecule has 39 heavy (non-hydrogen) atoms. The molecule has 2 aliphatic rings. The summed E-state index contributed by atoms with van der Waals surface area (Å²) in [6, 6.07) is 27.0. The van der Waals surface area contributed by atoms with Gasteiger partial charge in [-0.15, -0.1) is 0 Å². The van der Waals surface area contributed by atoms with Crippen LogP contribution in [0.2, 0.25) is 0 Å². The molecule has 0 saturated carbocycles. The van der Waals surface area contributed by atoms with E-state index in [2.05, 4.69) is 0 Å². The van der Waals surface area contributed by atoms with Gasteiger partial charge >= 0.3 is 12.4 Å². The van der Waals surface area contributed by atoms with E-state index >= 15 is 0 Å². The van der Waals surface area contributed by atoms with Gasteiger partial charge in [0, 0.05) is 5.92 Å². The van der Waals surface area contributed by atoms with E-state index in [4.69, 9.17) is 0 Å². The summed E-state index contributed by atoms with van der Waals surface area (Å²) in [5.74, 6) is -0.418. The number of hydrogen-bond donors (Lipinski definition) is 0. The second-order valence-electron chi connectivity index (χ2n) is 9.95. The van der Waals surface area contributed by atoms with Gasteiger partial charge in [0.2, 0.25) is 0 Å². The minimum absolute atomic E-state index is 0.0693. The van der Waals surface area contributed by atoms with Gasteiger partial charge in [0.25, 0.3) is 0 Å². The van der Waals surface area contributed by atoms with Crippen LogP contribution >= 0.6 is 0 Å². The number of hydrogen-bond acceptors (Lipinski definition) is 0. The average molecular weight is 533 g/mol. The van der Waals surface area contributed by atoms with Gasteiger partial charge in [-0.25, -0.2) is 0 Å². The molecule has 0 fully saturated rings. The molecule has 0 nitrogen and oxygen atoms in total. The molecule has 0 saturated heterocycles. The Hall–Kier alpha value is -4.06. The fraction of sp³-hybridized carbons (Fsp3) is 0.152. The highest BCUT2D eigenvalue weighted by Gasteiger charge is 2.40.